The first kappa shape index (κ1) is 24.0. The molecule has 2 aromatic carbocycles. The minimum atomic E-state index is -0.698. The van der Waals surface area contributed by atoms with Gasteiger partial charge in [-0.25, -0.2) is 13.8 Å². The van der Waals surface area contributed by atoms with Crippen molar-refractivity contribution in [2.75, 3.05) is 29.1 Å². The monoisotopic (exact) mass is 482 g/mol. The Hall–Kier alpha value is -4.09. The first-order chi connectivity index (χ1) is 16.9. The fourth-order valence-corrected chi connectivity index (χ4v) is 3.46. The van der Waals surface area contributed by atoms with Gasteiger partial charge in [-0.2, -0.15) is 4.98 Å². The van der Waals surface area contributed by atoms with Crippen molar-refractivity contribution >= 4 is 34.7 Å². The molecule has 0 radical (unpaired) electrons. The highest BCUT2D eigenvalue weighted by Gasteiger charge is 2.22. The van der Waals surface area contributed by atoms with Crippen LogP contribution in [0.1, 0.15) is 6.42 Å². The van der Waals surface area contributed by atoms with E-state index in [1.165, 1.54) is 12.1 Å². The van der Waals surface area contributed by atoms with Crippen molar-refractivity contribution < 1.29 is 23.4 Å². The van der Waals surface area contributed by atoms with Crippen molar-refractivity contribution in [3.8, 4) is 5.75 Å². The molecule has 0 unspecified atom stereocenters. The second kappa shape index (κ2) is 10.9. The third kappa shape index (κ3) is 6.49. The zero-order chi connectivity index (χ0) is 24.8. The first-order valence-electron chi connectivity index (χ1n) is 10.8. The van der Waals surface area contributed by atoms with E-state index in [0.717, 1.165) is 12.3 Å². The lowest BCUT2D eigenvalue weighted by Gasteiger charge is -2.14. The maximum Gasteiger partial charge on any atom is 0.247 e. The standard InChI is InChI=1S/C24H24F2N6O3/c1-2-22(34)29-14-4-3-5-15(8-14)30-23-20(26)12-28-24(32-23)31-16-6-7-21(19(25)10-16)35-13-17-9-18(33)11-27-17/h2-8,10,12,17-18,27,33H,1,9,11,13H2,(H,29,34)(H2,28,30,31,32)/t17-,18+/m0/s1. The predicted octanol–water partition coefficient (Wildman–Crippen LogP) is 3.47. The highest BCUT2D eigenvalue weighted by atomic mass is 19.1. The molecule has 2 atom stereocenters. The van der Waals surface area contributed by atoms with Gasteiger partial charge in [0.25, 0.3) is 0 Å². The lowest BCUT2D eigenvalue weighted by atomic mass is 10.2. The Bertz CT molecular complexity index is 1230. The topological polar surface area (TPSA) is 120 Å². The molecule has 2 heterocycles. The number of anilines is 5. The van der Waals surface area contributed by atoms with Crippen LogP contribution >= 0.6 is 0 Å². The lowest BCUT2D eigenvalue weighted by Crippen LogP contribution is -2.28. The average Bonchev–Trinajstić information content (AvgIpc) is 3.26. The maximum atomic E-state index is 14.5. The van der Waals surface area contributed by atoms with Crippen molar-refractivity contribution in [2.45, 2.75) is 18.6 Å². The first-order valence-corrected chi connectivity index (χ1v) is 10.8. The molecule has 1 fully saturated rings. The van der Waals surface area contributed by atoms with Gasteiger partial charge in [0.1, 0.15) is 6.61 Å². The minimum Gasteiger partial charge on any atom is -0.489 e. The molecule has 1 aromatic heterocycles. The van der Waals surface area contributed by atoms with E-state index in [9.17, 15) is 18.7 Å². The summed E-state index contributed by atoms with van der Waals surface area (Å²) in [6, 6.07) is 10.9. The number of amides is 1. The molecule has 1 aliphatic rings. The number of benzene rings is 2. The third-order valence-electron chi connectivity index (χ3n) is 5.15. The molecule has 0 spiro atoms. The summed E-state index contributed by atoms with van der Waals surface area (Å²) in [6.45, 7) is 4.12. The molecule has 0 bridgehead atoms. The highest BCUT2D eigenvalue weighted by molar-refractivity contribution is 5.99. The van der Waals surface area contributed by atoms with Crippen LogP contribution < -0.4 is 26.0 Å². The smallest absolute Gasteiger partial charge is 0.247 e. The fourth-order valence-electron chi connectivity index (χ4n) is 3.46. The summed E-state index contributed by atoms with van der Waals surface area (Å²) >= 11 is 0. The summed E-state index contributed by atoms with van der Waals surface area (Å²) in [4.78, 5) is 19.5. The molecule has 1 aliphatic heterocycles. The summed E-state index contributed by atoms with van der Waals surface area (Å²) < 4.78 is 34.3. The molecule has 0 saturated carbocycles. The summed E-state index contributed by atoms with van der Waals surface area (Å²) in [7, 11) is 0. The van der Waals surface area contributed by atoms with Gasteiger partial charge in [0.05, 0.1) is 12.3 Å². The Morgan fingerprint density at radius 3 is 2.71 bits per heavy atom. The highest BCUT2D eigenvalue weighted by Crippen LogP contribution is 2.25. The van der Waals surface area contributed by atoms with Crippen LogP contribution in [0.2, 0.25) is 0 Å². The van der Waals surface area contributed by atoms with Gasteiger partial charge < -0.3 is 31.1 Å². The fraction of sp³-hybridized carbons (Fsp3) is 0.208. The number of ether oxygens (including phenoxy) is 1. The summed E-state index contributed by atoms with van der Waals surface area (Å²) in [5.74, 6) is -1.66. The van der Waals surface area contributed by atoms with Crippen LogP contribution in [0.3, 0.4) is 0 Å². The minimum absolute atomic E-state index is 0.0420. The molecule has 1 amide bonds. The van der Waals surface area contributed by atoms with E-state index in [0.29, 0.717) is 30.0 Å². The molecule has 35 heavy (non-hydrogen) atoms. The number of aliphatic hydroxyl groups is 1. The predicted molar refractivity (Wildman–Crippen MR) is 128 cm³/mol. The van der Waals surface area contributed by atoms with Crippen LogP contribution in [-0.4, -0.2) is 46.3 Å². The second-order valence-corrected chi connectivity index (χ2v) is 7.87. The lowest BCUT2D eigenvalue weighted by molar-refractivity contribution is -0.111. The molecule has 11 heteroatoms. The van der Waals surface area contributed by atoms with Gasteiger partial charge in [-0.15, -0.1) is 0 Å². The molecular formula is C24H24F2N6O3. The Kier molecular flexibility index (Phi) is 7.48. The number of aliphatic hydroxyl groups excluding tert-OH is 1. The van der Waals surface area contributed by atoms with E-state index in [-0.39, 0.29) is 36.1 Å². The van der Waals surface area contributed by atoms with E-state index in [4.69, 9.17) is 4.74 Å². The second-order valence-electron chi connectivity index (χ2n) is 7.87. The zero-order valence-corrected chi connectivity index (χ0v) is 18.6. The van der Waals surface area contributed by atoms with Crippen LogP contribution in [0.25, 0.3) is 0 Å². The van der Waals surface area contributed by atoms with E-state index in [1.807, 2.05) is 0 Å². The Morgan fingerprint density at radius 2 is 1.97 bits per heavy atom. The normalized spacial score (nSPS) is 17.0. The van der Waals surface area contributed by atoms with Crippen molar-refractivity contribution in [1.29, 1.82) is 0 Å². The van der Waals surface area contributed by atoms with Crippen LogP contribution in [0.5, 0.6) is 5.75 Å². The molecule has 4 rings (SSSR count). The van der Waals surface area contributed by atoms with Gasteiger partial charge in [-0.3, -0.25) is 4.79 Å². The molecule has 5 N–H and O–H groups in total. The molecule has 3 aromatic rings. The van der Waals surface area contributed by atoms with Gasteiger partial charge in [-0.1, -0.05) is 12.6 Å². The van der Waals surface area contributed by atoms with E-state index >= 15 is 0 Å². The number of halogens is 2. The number of hydrogen-bond acceptors (Lipinski definition) is 8. The van der Waals surface area contributed by atoms with Crippen molar-refractivity contribution in [3.63, 3.8) is 0 Å². The van der Waals surface area contributed by atoms with Crippen LogP contribution in [-0.2, 0) is 4.79 Å². The van der Waals surface area contributed by atoms with Crippen LogP contribution in [0.15, 0.2) is 61.3 Å². The Labute approximate surface area is 200 Å². The van der Waals surface area contributed by atoms with Gasteiger partial charge in [0.2, 0.25) is 11.9 Å². The molecule has 9 nitrogen and oxygen atoms in total. The van der Waals surface area contributed by atoms with E-state index in [2.05, 4.69) is 37.8 Å². The largest absolute Gasteiger partial charge is 0.489 e. The van der Waals surface area contributed by atoms with Gasteiger partial charge in [0, 0.05) is 35.7 Å². The molecular weight excluding hydrogens is 458 g/mol. The summed E-state index contributed by atoms with van der Waals surface area (Å²) in [5.41, 5.74) is 1.31. The zero-order valence-electron chi connectivity index (χ0n) is 18.6. The van der Waals surface area contributed by atoms with Crippen LogP contribution in [0, 0.1) is 11.6 Å². The van der Waals surface area contributed by atoms with Crippen molar-refractivity contribution in [2.24, 2.45) is 0 Å². The average molecular weight is 482 g/mol. The van der Waals surface area contributed by atoms with Gasteiger partial charge in [0.15, 0.2) is 23.2 Å². The molecule has 0 aliphatic carbocycles. The van der Waals surface area contributed by atoms with Gasteiger partial charge in [-0.05, 0) is 42.8 Å². The quantitative estimate of drug-likeness (QED) is 0.294. The number of aromatic nitrogens is 2. The van der Waals surface area contributed by atoms with Gasteiger partial charge >= 0.3 is 0 Å². The van der Waals surface area contributed by atoms with Crippen molar-refractivity contribution in [1.82, 2.24) is 15.3 Å². The number of rotatable bonds is 9. The Morgan fingerprint density at radius 1 is 1.17 bits per heavy atom. The number of nitrogens with one attached hydrogen (secondary N) is 4. The van der Waals surface area contributed by atoms with Crippen LogP contribution in [0.4, 0.5) is 37.6 Å². The summed E-state index contributed by atoms with van der Waals surface area (Å²) in [6.07, 6.45) is 2.25. The number of hydrogen-bond donors (Lipinski definition) is 5. The molecule has 1 saturated heterocycles. The summed E-state index contributed by atoms with van der Waals surface area (Å²) in [5, 5.41) is 20.9. The molecule has 182 valence electrons. The number of nitrogens with zero attached hydrogens (tertiary/aromatic N) is 2. The number of β-amino-alcohol motifs (C(OH)–C–C–N with tert-alkyl or cyclic N) is 1. The Balaban J connectivity index is 1.41. The number of carbonyl (C=O) groups excluding carboxylic acids is 1. The van der Waals surface area contributed by atoms with Crippen molar-refractivity contribution in [3.05, 3.63) is 73.0 Å². The SMILES string of the molecule is C=CC(=O)Nc1cccc(Nc2nc(Nc3ccc(OC[C@@H]4C[C@@H](O)CN4)c(F)c3)ncc2F)c1. The number of carbonyl (C=O) groups is 1. The maximum absolute atomic E-state index is 14.5. The van der Waals surface area contributed by atoms with E-state index in [1.54, 1.807) is 30.3 Å². The third-order valence-corrected chi connectivity index (χ3v) is 5.15. The van der Waals surface area contributed by atoms with E-state index < -0.39 is 17.7 Å².